The van der Waals surface area contributed by atoms with Gasteiger partial charge in [-0.05, 0) is 43.4 Å². The molecule has 0 N–H and O–H groups in total. The van der Waals surface area contributed by atoms with Crippen molar-refractivity contribution in [3.8, 4) is 5.75 Å². The van der Waals surface area contributed by atoms with E-state index in [1.165, 1.54) is 12.1 Å². The number of benzene rings is 1. The molecular weight excluding hydrogens is 245 g/mol. The van der Waals surface area contributed by atoms with Gasteiger partial charge in [0.05, 0.1) is 6.61 Å². The maximum Gasteiger partial charge on any atom is 0.220 e. The van der Waals surface area contributed by atoms with Crippen molar-refractivity contribution in [2.24, 2.45) is 0 Å². The zero-order valence-electron chi connectivity index (χ0n) is 11.4. The van der Waals surface area contributed by atoms with Gasteiger partial charge in [0.25, 0.3) is 0 Å². The minimum absolute atomic E-state index is 0.257. The molecule has 0 aromatic heterocycles. The molecule has 0 radical (unpaired) electrons. The number of rotatable bonds is 6. The average Bonchev–Trinajstić information content (AvgIpc) is 2.43. The molecule has 1 aromatic rings. The van der Waals surface area contributed by atoms with Crippen molar-refractivity contribution in [3.63, 3.8) is 0 Å². The number of likely N-dealkylation sites (N-methyl/N-ethyl adjacent to an activating group) is 1. The van der Waals surface area contributed by atoms with E-state index in [1.807, 2.05) is 12.2 Å². The van der Waals surface area contributed by atoms with Crippen LogP contribution >= 0.6 is 0 Å². The predicted molar refractivity (Wildman–Crippen MR) is 73.6 cm³/mol. The third-order valence-electron chi connectivity index (χ3n) is 3.23. The third-order valence-corrected chi connectivity index (χ3v) is 3.23. The second-order valence-electron chi connectivity index (χ2n) is 4.43. The summed E-state index contributed by atoms with van der Waals surface area (Å²) in [4.78, 5) is 2.29. The number of hydrogen-bond acceptors (Lipinski definition) is 3. The first-order chi connectivity index (χ1) is 9.22. The van der Waals surface area contributed by atoms with Crippen molar-refractivity contribution in [1.82, 2.24) is 4.90 Å². The van der Waals surface area contributed by atoms with Crippen LogP contribution in [0.25, 0.3) is 6.08 Å². The largest absolute Gasteiger partial charge is 0.461 e. The van der Waals surface area contributed by atoms with E-state index in [0.29, 0.717) is 12.4 Å². The molecule has 0 aliphatic carbocycles. The Morgan fingerprint density at radius 1 is 1.32 bits per heavy atom. The van der Waals surface area contributed by atoms with Crippen LogP contribution in [0.4, 0.5) is 4.39 Å². The molecule has 0 spiro atoms. The van der Waals surface area contributed by atoms with Gasteiger partial charge in [-0.1, -0.05) is 13.8 Å². The summed E-state index contributed by atoms with van der Waals surface area (Å²) in [6.07, 6.45) is 3.27. The SMILES string of the molecule is CCN(CC)CCOC1C=Cc2cc(F)ccc2O1. The standard InChI is InChI=1S/C15H20FNO2/c1-3-17(4-2)9-10-18-15-8-5-12-11-13(16)6-7-14(12)19-15/h5-8,11,15H,3-4,9-10H2,1-2H3. The van der Waals surface area contributed by atoms with Crippen molar-refractivity contribution in [1.29, 1.82) is 0 Å². The Morgan fingerprint density at radius 3 is 2.84 bits per heavy atom. The lowest BCUT2D eigenvalue weighted by molar-refractivity contribution is -0.0526. The molecule has 0 saturated carbocycles. The van der Waals surface area contributed by atoms with Gasteiger partial charge >= 0.3 is 0 Å². The van der Waals surface area contributed by atoms with Gasteiger partial charge in [0.2, 0.25) is 6.29 Å². The molecule has 0 fully saturated rings. The summed E-state index contributed by atoms with van der Waals surface area (Å²) in [5.74, 6) is 0.407. The van der Waals surface area contributed by atoms with Gasteiger partial charge in [-0.15, -0.1) is 0 Å². The summed E-state index contributed by atoms with van der Waals surface area (Å²) in [6.45, 7) is 7.80. The fraction of sp³-hybridized carbons (Fsp3) is 0.467. The number of halogens is 1. The van der Waals surface area contributed by atoms with Crippen LogP contribution < -0.4 is 4.74 Å². The fourth-order valence-corrected chi connectivity index (χ4v) is 2.03. The quantitative estimate of drug-likeness (QED) is 0.789. The van der Waals surface area contributed by atoms with Crippen molar-refractivity contribution in [2.75, 3.05) is 26.2 Å². The molecule has 3 nitrogen and oxygen atoms in total. The van der Waals surface area contributed by atoms with Crippen LogP contribution in [-0.2, 0) is 4.74 Å². The third kappa shape index (κ3) is 3.78. The molecule has 0 amide bonds. The highest BCUT2D eigenvalue weighted by molar-refractivity contribution is 5.59. The smallest absolute Gasteiger partial charge is 0.220 e. The van der Waals surface area contributed by atoms with E-state index in [1.54, 1.807) is 6.07 Å². The van der Waals surface area contributed by atoms with Crippen LogP contribution in [0.15, 0.2) is 24.3 Å². The Kier molecular flexibility index (Phi) is 4.93. The van der Waals surface area contributed by atoms with Crippen LogP contribution in [0.2, 0.25) is 0 Å². The maximum absolute atomic E-state index is 13.0. The molecule has 4 heteroatoms. The van der Waals surface area contributed by atoms with Gasteiger partial charge < -0.3 is 14.4 Å². The topological polar surface area (TPSA) is 21.7 Å². The summed E-state index contributed by atoms with van der Waals surface area (Å²) < 4.78 is 24.3. The molecule has 1 aliphatic rings. The monoisotopic (exact) mass is 265 g/mol. The Bertz CT molecular complexity index is 444. The van der Waals surface area contributed by atoms with Crippen LogP contribution in [0.1, 0.15) is 19.4 Å². The normalized spacial score (nSPS) is 17.4. The molecule has 1 unspecified atom stereocenters. The molecule has 2 rings (SSSR count). The Labute approximate surface area is 113 Å². The van der Waals surface area contributed by atoms with Gasteiger partial charge in [-0.3, -0.25) is 0 Å². The maximum atomic E-state index is 13.0. The van der Waals surface area contributed by atoms with Gasteiger partial charge in [-0.25, -0.2) is 4.39 Å². The molecular formula is C15H20FNO2. The summed E-state index contributed by atoms with van der Waals surface area (Å²) in [7, 11) is 0. The van der Waals surface area contributed by atoms with E-state index >= 15 is 0 Å². The van der Waals surface area contributed by atoms with E-state index in [0.717, 1.165) is 25.2 Å². The molecule has 1 aromatic carbocycles. The van der Waals surface area contributed by atoms with Gasteiger partial charge in [0, 0.05) is 12.1 Å². The van der Waals surface area contributed by atoms with E-state index in [9.17, 15) is 4.39 Å². The van der Waals surface area contributed by atoms with Crippen molar-refractivity contribution in [3.05, 3.63) is 35.7 Å². The molecule has 0 bridgehead atoms. The van der Waals surface area contributed by atoms with E-state index in [2.05, 4.69) is 18.7 Å². The van der Waals surface area contributed by atoms with Crippen molar-refractivity contribution in [2.45, 2.75) is 20.1 Å². The second kappa shape index (κ2) is 6.68. The Morgan fingerprint density at radius 2 is 2.11 bits per heavy atom. The number of nitrogens with zero attached hydrogens (tertiary/aromatic N) is 1. The summed E-state index contributed by atoms with van der Waals surface area (Å²) in [6, 6.07) is 4.48. The molecule has 1 heterocycles. The van der Waals surface area contributed by atoms with E-state index in [4.69, 9.17) is 9.47 Å². The summed E-state index contributed by atoms with van der Waals surface area (Å²) >= 11 is 0. The van der Waals surface area contributed by atoms with Crippen LogP contribution in [0.5, 0.6) is 5.75 Å². The molecule has 1 atom stereocenters. The lowest BCUT2D eigenvalue weighted by Crippen LogP contribution is -2.30. The van der Waals surface area contributed by atoms with Gasteiger partial charge in [0.1, 0.15) is 11.6 Å². The number of fused-ring (bicyclic) bond motifs is 1. The van der Waals surface area contributed by atoms with Crippen LogP contribution in [0.3, 0.4) is 0 Å². The van der Waals surface area contributed by atoms with E-state index in [-0.39, 0.29) is 12.1 Å². The summed E-state index contributed by atoms with van der Waals surface area (Å²) in [5.41, 5.74) is 0.753. The highest BCUT2D eigenvalue weighted by Crippen LogP contribution is 2.26. The van der Waals surface area contributed by atoms with Gasteiger partial charge in [0.15, 0.2) is 0 Å². The highest BCUT2D eigenvalue weighted by atomic mass is 19.1. The second-order valence-corrected chi connectivity index (χ2v) is 4.43. The molecule has 104 valence electrons. The van der Waals surface area contributed by atoms with E-state index < -0.39 is 0 Å². The predicted octanol–water partition coefficient (Wildman–Crippen LogP) is 2.92. The van der Waals surface area contributed by atoms with Crippen LogP contribution in [-0.4, -0.2) is 37.4 Å². The number of hydrogen-bond donors (Lipinski definition) is 0. The molecule has 0 saturated heterocycles. The number of ether oxygens (including phenoxy) is 2. The lowest BCUT2D eigenvalue weighted by atomic mass is 10.1. The zero-order chi connectivity index (χ0) is 13.7. The zero-order valence-corrected chi connectivity index (χ0v) is 11.4. The van der Waals surface area contributed by atoms with Crippen LogP contribution in [0, 0.1) is 5.82 Å². The summed E-state index contributed by atoms with van der Waals surface area (Å²) in [5, 5.41) is 0. The van der Waals surface area contributed by atoms with Crippen molar-refractivity contribution < 1.29 is 13.9 Å². The fourth-order valence-electron chi connectivity index (χ4n) is 2.03. The minimum atomic E-state index is -0.381. The highest BCUT2D eigenvalue weighted by Gasteiger charge is 2.15. The first-order valence-electron chi connectivity index (χ1n) is 6.71. The lowest BCUT2D eigenvalue weighted by Gasteiger charge is -2.23. The first-order valence-corrected chi connectivity index (χ1v) is 6.71. The molecule has 19 heavy (non-hydrogen) atoms. The molecule has 1 aliphatic heterocycles. The average molecular weight is 265 g/mol. The minimum Gasteiger partial charge on any atom is -0.461 e. The Hall–Kier alpha value is -1.39. The Balaban J connectivity index is 1.84. The van der Waals surface area contributed by atoms with Crippen molar-refractivity contribution >= 4 is 6.08 Å². The first kappa shape index (κ1) is 14.0. The van der Waals surface area contributed by atoms with Gasteiger partial charge in [-0.2, -0.15) is 0 Å².